The lowest BCUT2D eigenvalue weighted by Gasteiger charge is -2.31. The third-order valence-corrected chi connectivity index (χ3v) is 5.65. The highest BCUT2D eigenvalue weighted by Crippen LogP contribution is 2.27. The van der Waals surface area contributed by atoms with Crippen molar-refractivity contribution >= 4 is 34.0 Å². The van der Waals surface area contributed by atoms with Crippen LogP contribution in [0.1, 0.15) is 12.8 Å². The molecule has 0 aromatic heterocycles. The van der Waals surface area contributed by atoms with Crippen molar-refractivity contribution < 1.29 is 12.8 Å². The maximum atomic E-state index is 13.2. The lowest BCUT2D eigenvalue weighted by molar-refractivity contribution is 0.293. The highest BCUT2D eigenvalue weighted by Gasteiger charge is 2.31. The lowest BCUT2D eigenvalue weighted by Crippen LogP contribution is -2.46. The molecule has 0 radical (unpaired) electrons. The summed E-state index contributed by atoms with van der Waals surface area (Å²) < 4.78 is 39.5. The van der Waals surface area contributed by atoms with Crippen LogP contribution >= 0.6 is 24.0 Å². The van der Waals surface area contributed by atoms with Crippen LogP contribution in [0.2, 0.25) is 5.02 Å². The summed E-state index contributed by atoms with van der Waals surface area (Å²) in [5.41, 5.74) is 0. The number of halogens is 3. The number of benzene rings is 1. The van der Waals surface area contributed by atoms with Gasteiger partial charge in [0.2, 0.25) is 10.0 Å². The molecule has 1 heterocycles. The number of nitrogens with one attached hydrogen (secondary N) is 1. The molecule has 0 amide bonds. The van der Waals surface area contributed by atoms with E-state index < -0.39 is 15.8 Å². The van der Waals surface area contributed by atoms with Gasteiger partial charge in [-0.2, -0.15) is 4.31 Å². The molecule has 0 aliphatic carbocycles. The molecule has 1 aromatic carbocycles. The fourth-order valence-corrected chi connectivity index (χ4v) is 4.22. The van der Waals surface area contributed by atoms with Crippen LogP contribution in [0.3, 0.4) is 0 Å². The minimum Gasteiger partial charge on any atom is -0.316 e. The molecule has 1 fully saturated rings. The molecule has 1 unspecified atom stereocenters. The van der Waals surface area contributed by atoms with Gasteiger partial charge in [-0.1, -0.05) is 11.6 Å². The zero-order valence-corrected chi connectivity index (χ0v) is 13.4. The van der Waals surface area contributed by atoms with E-state index in [1.807, 2.05) is 0 Å². The molecule has 1 N–H and O–H groups in total. The maximum absolute atomic E-state index is 13.2. The topological polar surface area (TPSA) is 49.4 Å². The molecule has 1 aromatic rings. The molecule has 114 valence electrons. The number of sulfonamides is 1. The predicted octanol–water partition coefficient (Wildman–Crippen LogP) is 2.27. The molecule has 0 bridgehead atoms. The number of hydrogen-bond acceptors (Lipinski definition) is 3. The minimum atomic E-state index is -3.74. The minimum absolute atomic E-state index is 0. The third-order valence-electron chi connectivity index (χ3n) is 3.30. The quantitative estimate of drug-likeness (QED) is 0.916. The van der Waals surface area contributed by atoms with Crippen LogP contribution in [0.25, 0.3) is 0 Å². The summed E-state index contributed by atoms with van der Waals surface area (Å²) in [4.78, 5) is -0.161. The summed E-state index contributed by atoms with van der Waals surface area (Å²) in [6.45, 7) is 0.818. The summed E-state index contributed by atoms with van der Waals surface area (Å²) in [6.07, 6.45) is 1.71. The van der Waals surface area contributed by atoms with Gasteiger partial charge >= 0.3 is 0 Å². The van der Waals surface area contributed by atoms with Crippen molar-refractivity contribution in [1.82, 2.24) is 9.62 Å². The molecule has 4 nitrogen and oxygen atoms in total. The Labute approximate surface area is 129 Å². The van der Waals surface area contributed by atoms with E-state index in [1.54, 1.807) is 7.05 Å². The fourth-order valence-electron chi connectivity index (χ4n) is 2.21. The maximum Gasteiger partial charge on any atom is 0.244 e. The van der Waals surface area contributed by atoms with Gasteiger partial charge in [0.1, 0.15) is 10.7 Å². The zero-order chi connectivity index (χ0) is 14.0. The highest BCUT2D eigenvalue weighted by molar-refractivity contribution is 7.89. The number of piperidine rings is 1. The summed E-state index contributed by atoms with van der Waals surface area (Å²) in [6, 6.07) is 3.51. The van der Waals surface area contributed by atoms with Gasteiger partial charge in [-0.25, -0.2) is 12.8 Å². The smallest absolute Gasteiger partial charge is 0.244 e. The SMILES string of the molecule is CNC1CCCN(S(=O)(=O)c2cc(F)ccc2Cl)C1.Cl. The molecule has 20 heavy (non-hydrogen) atoms. The molecular weight excluding hydrogens is 326 g/mol. The van der Waals surface area contributed by atoms with Crippen LogP contribution in [0, 0.1) is 5.82 Å². The standard InChI is InChI=1S/C12H16ClFN2O2S.ClH/c1-15-10-3-2-6-16(8-10)19(17,18)12-7-9(14)4-5-11(12)13;/h4-5,7,10,15H,2-3,6,8H2,1H3;1H. The number of hydrogen-bond donors (Lipinski definition) is 1. The third kappa shape index (κ3) is 3.62. The van der Waals surface area contributed by atoms with Crippen molar-refractivity contribution in [2.75, 3.05) is 20.1 Å². The second-order valence-corrected chi connectivity index (χ2v) is 6.88. The Morgan fingerprint density at radius 2 is 2.15 bits per heavy atom. The number of likely N-dealkylation sites (N-methyl/N-ethyl adjacent to an activating group) is 1. The van der Waals surface area contributed by atoms with E-state index in [0.29, 0.717) is 13.1 Å². The molecule has 1 saturated heterocycles. The van der Waals surface area contributed by atoms with Gasteiger partial charge in [0.15, 0.2) is 0 Å². The molecule has 8 heteroatoms. The second-order valence-electron chi connectivity index (χ2n) is 4.57. The second kappa shape index (κ2) is 7.04. The fraction of sp³-hybridized carbons (Fsp3) is 0.500. The van der Waals surface area contributed by atoms with Crippen LogP contribution in [-0.2, 0) is 10.0 Å². The first kappa shape index (κ1) is 17.7. The Balaban J connectivity index is 0.00000200. The van der Waals surface area contributed by atoms with E-state index in [4.69, 9.17) is 11.6 Å². The Morgan fingerprint density at radius 1 is 1.45 bits per heavy atom. The lowest BCUT2D eigenvalue weighted by atomic mass is 10.1. The van der Waals surface area contributed by atoms with Gasteiger partial charge in [0.25, 0.3) is 0 Å². The summed E-state index contributed by atoms with van der Waals surface area (Å²) in [7, 11) is -1.94. The van der Waals surface area contributed by atoms with Crippen LogP contribution in [0.15, 0.2) is 23.1 Å². The molecule has 1 atom stereocenters. The van der Waals surface area contributed by atoms with Crippen LogP contribution in [-0.4, -0.2) is 38.9 Å². The van der Waals surface area contributed by atoms with Gasteiger partial charge in [-0.3, -0.25) is 0 Å². The van der Waals surface area contributed by atoms with E-state index in [0.717, 1.165) is 25.0 Å². The highest BCUT2D eigenvalue weighted by atomic mass is 35.5. The van der Waals surface area contributed by atoms with Crippen molar-refractivity contribution in [2.45, 2.75) is 23.8 Å². The first-order chi connectivity index (χ1) is 8.95. The average molecular weight is 343 g/mol. The Bertz CT molecular complexity index is 569. The molecule has 1 aliphatic heterocycles. The van der Waals surface area contributed by atoms with Crippen molar-refractivity contribution in [3.63, 3.8) is 0 Å². The first-order valence-electron chi connectivity index (χ1n) is 6.07. The van der Waals surface area contributed by atoms with Crippen molar-refractivity contribution in [3.8, 4) is 0 Å². The molecule has 1 aliphatic rings. The van der Waals surface area contributed by atoms with Crippen LogP contribution in [0.5, 0.6) is 0 Å². The molecule has 0 saturated carbocycles. The molecule has 0 spiro atoms. The Kier molecular flexibility index (Phi) is 6.22. The zero-order valence-electron chi connectivity index (χ0n) is 11.0. The first-order valence-corrected chi connectivity index (χ1v) is 7.89. The van der Waals surface area contributed by atoms with Gasteiger partial charge in [0.05, 0.1) is 5.02 Å². The van der Waals surface area contributed by atoms with E-state index in [1.165, 1.54) is 10.4 Å². The molecular formula is C12H17Cl2FN2O2S. The van der Waals surface area contributed by atoms with Crippen LogP contribution in [0.4, 0.5) is 4.39 Å². The van der Waals surface area contributed by atoms with Gasteiger partial charge in [-0.05, 0) is 38.1 Å². The summed E-state index contributed by atoms with van der Waals surface area (Å²) in [5, 5.41) is 3.12. The van der Waals surface area contributed by atoms with Crippen molar-refractivity contribution in [3.05, 3.63) is 29.0 Å². The van der Waals surface area contributed by atoms with E-state index in [2.05, 4.69) is 5.32 Å². The van der Waals surface area contributed by atoms with E-state index in [-0.39, 0.29) is 28.4 Å². The predicted molar refractivity (Wildman–Crippen MR) is 79.5 cm³/mol. The summed E-state index contributed by atoms with van der Waals surface area (Å²) in [5.74, 6) is -0.606. The average Bonchev–Trinajstić information content (AvgIpc) is 2.41. The van der Waals surface area contributed by atoms with E-state index in [9.17, 15) is 12.8 Å². The summed E-state index contributed by atoms with van der Waals surface area (Å²) >= 11 is 5.88. The monoisotopic (exact) mass is 342 g/mol. The Morgan fingerprint density at radius 3 is 2.80 bits per heavy atom. The normalized spacial score (nSPS) is 20.4. The van der Waals surface area contributed by atoms with Crippen LogP contribution < -0.4 is 5.32 Å². The number of nitrogens with zero attached hydrogens (tertiary/aromatic N) is 1. The Hall–Kier alpha value is -0.400. The number of rotatable bonds is 3. The van der Waals surface area contributed by atoms with Gasteiger partial charge in [-0.15, -0.1) is 12.4 Å². The largest absolute Gasteiger partial charge is 0.316 e. The van der Waals surface area contributed by atoms with Gasteiger partial charge < -0.3 is 5.32 Å². The van der Waals surface area contributed by atoms with Crippen molar-refractivity contribution in [2.24, 2.45) is 0 Å². The van der Waals surface area contributed by atoms with Crippen molar-refractivity contribution in [1.29, 1.82) is 0 Å². The molecule has 2 rings (SSSR count). The van der Waals surface area contributed by atoms with E-state index >= 15 is 0 Å². The van der Waals surface area contributed by atoms with Gasteiger partial charge in [0, 0.05) is 19.1 Å².